The zero-order chi connectivity index (χ0) is 19.6. The first-order valence-corrected chi connectivity index (χ1v) is 10.3. The lowest BCUT2D eigenvalue weighted by atomic mass is 10.1. The Hall–Kier alpha value is -2.93. The van der Waals surface area contributed by atoms with Crippen molar-refractivity contribution in [2.45, 2.75) is 19.4 Å². The number of rotatable bonds is 4. The second-order valence-corrected chi connectivity index (χ2v) is 7.62. The van der Waals surface area contributed by atoms with Gasteiger partial charge in [0.1, 0.15) is 23.9 Å². The third-order valence-corrected chi connectivity index (χ3v) is 5.79. The third-order valence-electron chi connectivity index (χ3n) is 5.79. The van der Waals surface area contributed by atoms with E-state index >= 15 is 0 Å². The molecule has 0 bridgehead atoms. The number of anilines is 1. The summed E-state index contributed by atoms with van der Waals surface area (Å²) in [6.45, 7) is 4.98. The highest BCUT2D eigenvalue weighted by Gasteiger charge is 2.24. The second kappa shape index (κ2) is 7.83. The molecule has 4 heterocycles. The lowest BCUT2D eigenvalue weighted by Crippen LogP contribution is -2.37. The van der Waals surface area contributed by atoms with Crippen LogP contribution in [0.3, 0.4) is 0 Å². The molecular formula is C22H25N5O2. The summed E-state index contributed by atoms with van der Waals surface area (Å²) in [6, 6.07) is 10.2. The van der Waals surface area contributed by atoms with Crippen LogP contribution in [0, 0.1) is 0 Å². The standard InChI is InChI=1S/C22H25N5O2/c28-19(25-8-4-5-9-25)15-27-14-18(17-6-2-1-3-7-17)20-21(27)22(24-16-23-20)26-10-12-29-13-11-26/h1-3,6-7,14,16H,4-5,8-13,15H2. The van der Waals surface area contributed by atoms with E-state index in [1.54, 1.807) is 6.33 Å². The fourth-order valence-electron chi connectivity index (χ4n) is 4.29. The molecule has 1 amide bonds. The van der Waals surface area contributed by atoms with Gasteiger partial charge < -0.3 is 19.1 Å². The van der Waals surface area contributed by atoms with Crippen molar-refractivity contribution in [3.8, 4) is 11.1 Å². The molecule has 0 atom stereocenters. The Labute approximate surface area is 169 Å². The van der Waals surface area contributed by atoms with Crippen LogP contribution in [0.25, 0.3) is 22.2 Å². The van der Waals surface area contributed by atoms with E-state index in [2.05, 4.69) is 33.2 Å². The van der Waals surface area contributed by atoms with Crippen molar-refractivity contribution in [1.82, 2.24) is 19.4 Å². The molecule has 2 saturated heterocycles. The maximum Gasteiger partial charge on any atom is 0.242 e. The van der Waals surface area contributed by atoms with Crippen LogP contribution in [0.4, 0.5) is 5.82 Å². The van der Waals surface area contributed by atoms with Gasteiger partial charge in [0, 0.05) is 37.9 Å². The predicted octanol–water partition coefficient (Wildman–Crippen LogP) is 2.56. The zero-order valence-corrected chi connectivity index (χ0v) is 16.5. The Morgan fingerprint density at radius 1 is 1.00 bits per heavy atom. The number of amides is 1. The summed E-state index contributed by atoms with van der Waals surface area (Å²) in [5.41, 5.74) is 3.95. The number of hydrogen-bond donors (Lipinski definition) is 0. The van der Waals surface area contributed by atoms with Crippen molar-refractivity contribution in [3.05, 3.63) is 42.9 Å². The van der Waals surface area contributed by atoms with Crippen LogP contribution in [0.2, 0.25) is 0 Å². The van der Waals surface area contributed by atoms with Crippen LogP contribution in [0.15, 0.2) is 42.9 Å². The molecule has 150 valence electrons. The van der Waals surface area contributed by atoms with Crippen molar-refractivity contribution in [1.29, 1.82) is 0 Å². The van der Waals surface area contributed by atoms with Crippen LogP contribution < -0.4 is 4.90 Å². The van der Waals surface area contributed by atoms with Gasteiger partial charge in [-0.1, -0.05) is 30.3 Å². The third kappa shape index (κ3) is 3.46. The van der Waals surface area contributed by atoms with Crippen molar-refractivity contribution < 1.29 is 9.53 Å². The predicted molar refractivity (Wildman–Crippen MR) is 112 cm³/mol. The van der Waals surface area contributed by atoms with Gasteiger partial charge in [0.05, 0.1) is 13.2 Å². The summed E-state index contributed by atoms with van der Waals surface area (Å²) in [5.74, 6) is 1.05. The number of benzene rings is 1. The molecular weight excluding hydrogens is 366 g/mol. The number of nitrogens with zero attached hydrogens (tertiary/aromatic N) is 5. The molecule has 0 unspecified atom stereocenters. The first kappa shape index (κ1) is 18.1. The number of carbonyl (C=O) groups is 1. The molecule has 0 N–H and O–H groups in total. The highest BCUT2D eigenvalue weighted by Crippen LogP contribution is 2.34. The van der Waals surface area contributed by atoms with Crippen molar-refractivity contribution >= 4 is 22.8 Å². The molecule has 2 fully saturated rings. The van der Waals surface area contributed by atoms with E-state index in [4.69, 9.17) is 4.74 Å². The maximum absolute atomic E-state index is 12.9. The van der Waals surface area contributed by atoms with Gasteiger partial charge in [0.2, 0.25) is 5.91 Å². The Morgan fingerprint density at radius 2 is 1.76 bits per heavy atom. The number of morpholine rings is 1. The molecule has 29 heavy (non-hydrogen) atoms. The normalized spacial score (nSPS) is 17.2. The molecule has 0 radical (unpaired) electrons. The van der Waals surface area contributed by atoms with Crippen LogP contribution in [-0.4, -0.2) is 64.7 Å². The number of ether oxygens (including phenoxy) is 1. The van der Waals surface area contributed by atoms with Crippen molar-refractivity contribution in [2.24, 2.45) is 0 Å². The Morgan fingerprint density at radius 3 is 2.52 bits per heavy atom. The van der Waals surface area contributed by atoms with E-state index in [1.165, 1.54) is 0 Å². The van der Waals surface area contributed by atoms with Crippen LogP contribution in [0.1, 0.15) is 12.8 Å². The minimum Gasteiger partial charge on any atom is -0.378 e. The molecule has 5 rings (SSSR count). The largest absolute Gasteiger partial charge is 0.378 e. The van der Waals surface area contributed by atoms with Gasteiger partial charge in [-0.2, -0.15) is 0 Å². The topological polar surface area (TPSA) is 63.5 Å². The SMILES string of the molecule is O=C(Cn1cc(-c2ccccc2)c2ncnc(N3CCOCC3)c21)N1CCCC1. The van der Waals surface area contributed by atoms with Gasteiger partial charge in [-0.05, 0) is 18.4 Å². The molecule has 3 aromatic rings. The molecule has 2 aliphatic heterocycles. The summed E-state index contributed by atoms with van der Waals surface area (Å²) < 4.78 is 7.56. The highest BCUT2D eigenvalue weighted by molar-refractivity contribution is 5.99. The van der Waals surface area contributed by atoms with Gasteiger partial charge in [0.25, 0.3) is 0 Å². The lowest BCUT2D eigenvalue weighted by molar-refractivity contribution is -0.130. The van der Waals surface area contributed by atoms with Gasteiger partial charge in [-0.15, -0.1) is 0 Å². The maximum atomic E-state index is 12.9. The number of likely N-dealkylation sites (tertiary alicyclic amines) is 1. The fourth-order valence-corrected chi connectivity index (χ4v) is 4.29. The van der Waals surface area contributed by atoms with Crippen molar-refractivity contribution in [2.75, 3.05) is 44.3 Å². The molecule has 2 aromatic heterocycles. The van der Waals surface area contributed by atoms with Gasteiger partial charge >= 0.3 is 0 Å². The highest BCUT2D eigenvalue weighted by atomic mass is 16.5. The van der Waals surface area contributed by atoms with Crippen LogP contribution in [-0.2, 0) is 16.1 Å². The quantitative estimate of drug-likeness (QED) is 0.684. The minimum atomic E-state index is 0.163. The molecule has 1 aromatic carbocycles. The summed E-state index contributed by atoms with van der Waals surface area (Å²) in [5, 5.41) is 0. The average Bonchev–Trinajstić information content (AvgIpc) is 3.44. The van der Waals surface area contributed by atoms with E-state index in [9.17, 15) is 4.79 Å². The van der Waals surface area contributed by atoms with Crippen molar-refractivity contribution in [3.63, 3.8) is 0 Å². The van der Waals surface area contributed by atoms with E-state index in [0.29, 0.717) is 19.8 Å². The first-order chi connectivity index (χ1) is 14.3. The Bertz CT molecular complexity index is 1000. The zero-order valence-electron chi connectivity index (χ0n) is 16.5. The number of hydrogen-bond acceptors (Lipinski definition) is 5. The summed E-state index contributed by atoms with van der Waals surface area (Å²) >= 11 is 0. The van der Waals surface area contributed by atoms with Crippen LogP contribution in [0.5, 0.6) is 0 Å². The van der Waals surface area contributed by atoms with E-state index in [-0.39, 0.29) is 5.91 Å². The lowest BCUT2D eigenvalue weighted by Gasteiger charge is -2.28. The van der Waals surface area contributed by atoms with Gasteiger partial charge in [-0.25, -0.2) is 9.97 Å². The molecule has 7 nitrogen and oxygen atoms in total. The molecule has 0 saturated carbocycles. The molecule has 7 heteroatoms. The molecule has 0 aliphatic carbocycles. The van der Waals surface area contributed by atoms with Gasteiger partial charge in [0.15, 0.2) is 5.82 Å². The molecule has 0 spiro atoms. The molecule has 2 aliphatic rings. The first-order valence-electron chi connectivity index (χ1n) is 10.3. The Balaban J connectivity index is 1.62. The number of aromatic nitrogens is 3. The van der Waals surface area contributed by atoms with E-state index < -0.39 is 0 Å². The summed E-state index contributed by atoms with van der Waals surface area (Å²) in [7, 11) is 0. The van der Waals surface area contributed by atoms with Crippen LogP contribution >= 0.6 is 0 Å². The van der Waals surface area contributed by atoms with Gasteiger partial charge in [-0.3, -0.25) is 4.79 Å². The fraction of sp³-hybridized carbons (Fsp3) is 0.409. The number of carbonyl (C=O) groups excluding carboxylic acids is 1. The summed E-state index contributed by atoms with van der Waals surface area (Å²) in [6.07, 6.45) is 5.88. The Kier molecular flexibility index (Phi) is 4.89. The smallest absolute Gasteiger partial charge is 0.242 e. The minimum absolute atomic E-state index is 0.163. The monoisotopic (exact) mass is 391 g/mol. The summed E-state index contributed by atoms with van der Waals surface area (Å²) in [4.78, 5) is 26.4. The van der Waals surface area contributed by atoms with E-state index in [0.717, 1.165) is 67.0 Å². The number of fused-ring (bicyclic) bond motifs is 1. The second-order valence-electron chi connectivity index (χ2n) is 7.62. The average molecular weight is 391 g/mol. The van der Waals surface area contributed by atoms with E-state index in [1.807, 2.05) is 27.7 Å².